The van der Waals surface area contributed by atoms with Gasteiger partial charge in [-0.15, -0.1) is 0 Å². The third-order valence-electron chi connectivity index (χ3n) is 6.00. The summed E-state index contributed by atoms with van der Waals surface area (Å²) in [6, 6.07) is 21.1. The molecule has 4 rings (SSSR count). The average molecular weight is 559 g/mol. The summed E-state index contributed by atoms with van der Waals surface area (Å²) in [4.78, 5) is 0. The predicted molar refractivity (Wildman–Crippen MR) is 151 cm³/mol. The maximum absolute atomic E-state index is 11.3. The van der Waals surface area contributed by atoms with E-state index in [4.69, 9.17) is 4.74 Å². The van der Waals surface area contributed by atoms with Crippen molar-refractivity contribution in [1.29, 1.82) is 0 Å². The number of aromatic hydroxyl groups is 1. The van der Waals surface area contributed by atoms with E-state index in [1.54, 1.807) is 61.5 Å². The van der Waals surface area contributed by atoms with Crippen LogP contribution in [0.1, 0.15) is 30.0 Å². The van der Waals surface area contributed by atoms with Gasteiger partial charge in [0.2, 0.25) is 0 Å². The van der Waals surface area contributed by atoms with Gasteiger partial charge in [0.15, 0.2) is 11.4 Å². The fourth-order valence-electron chi connectivity index (χ4n) is 3.98. The van der Waals surface area contributed by atoms with Crippen molar-refractivity contribution in [3.63, 3.8) is 0 Å². The molecule has 4 aromatic rings. The number of aryl methyl sites for hydroxylation is 1. The summed E-state index contributed by atoms with van der Waals surface area (Å²) in [5, 5.41) is 66.6. The van der Waals surface area contributed by atoms with Crippen molar-refractivity contribution in [2.45, 2.75) is 26.7 Å². The Hall–Kier alpha value is -4.56. The van der Waals surface area contributed by atoms with Gasteiger partial charge in [0.25, 0.3) is 0 Å². The van der Waals surface area contributed by atoms with Gasteiger partial charge < -0.3 is 20.3 Å². The maximum atomic E-state index is 11.3. The first-order valence-corrected chi connectivity index (χ1v) is 12.8. The van der Waals surface area contributed by atoms with Crippen molar-refractivity contribution in [3.8, 4) is 11.5 Å². The van der Waals surface area contributed by atoms with Gasteiger partial charge in [-0.3, -0.25) is 0 Å². The van der Waals surface area contributed by atoms with E-state index in [0.717, 1.165) is 12.0 Å². The minimum absolute atomic E-state index is 0.107. The van der Waals surface area contributed by atoms with Crippen LogP contribution < -0.4 is 15.2 Å². The monoisotopic (exact) mass is 558 g/mol. The summed E-state index contributed by atoms with van der Waals surface area (Å²) in [6.45, 7) is 4.26. The number of hydrogen-bond acceptors (Lipinski definition) is 10. The Labute approximate surface area is 236 Å². The van der Waals surface area contributed by atoms with E-state index >= 15 is 0 Å². The van der Waals surface area contributed by atoms with Gasteiger partial charge in [-0.25, -0.2) is 10.4 Å². The lowest BCUT2D eigenvalue weighted by Crippen LogP contribution is -2.99. The Bertz CT molecular complexity index is 1560. The molecule has 0 radical (unpaired) electrons. The zero-order chi connectivity index (χ0) is 29.4. The Morgan fingerprint density at radius 3 is 1.80 bits per heavy atom. The summed E-state index contributed by atoms with van der Waals surface area (Å²) in [5.74, 6) is 0.740. The Balaban J connectivity index is 1.63. The minimum Gasteiger partial charge on any atom is -0.595 e. The number of phenolic OH excluding ortho intramolecular Hbond substituents is 1. The van der Waals surface area contributed by atoms with Crippen LogP contribution in [-0.4, -0.2) is 22.1 Å². The highest BCUT2D eigenvalue weighted by atomic mass is 16.8. The fourth-order valence-corrected chi connectivity index (χ4v) is 3.98. The van der Waals surface area contributed by atoms with Crippen LogP contribution in [0, 0.1) is 17.3 Å². The lowest BCUT2D eigenvalue weighted by atomic mass is 9.99. The highest BCUT2D eigenvalue weighted by Crippen LogP contribution is 2.35. The van der Waals surface area contributed by atoms with E-state index in [0.29, 0.717) is 52.7 Å². The second-order valence-corrected chi connectivity index (χ2v) is 9.20. The SMILES string of the molecule is CCCOc1ccc(N=Nc2cccc([NH+]([O-])O)c2)cc1Cc1cc(N=Nc2cccc([NH+]([O-])O)c2)cc(C)c1O. The van der Waals surface area contributed by atoms with Crippen molar-refractivity contribution < 1.29 is 30.7 Å². The summed E-state index contributed by atoms with van der Waals surface area (Å²) in [5.41, 5.74) is 3.96. The Morgan fingerprint density at radius 2 is 1.24 bits per heavy atom. The molecule has 12 nitrogen and oxygen atoms in total. The standard InChI is InChI=1S/C29H30N6O6/c1-3-12-41-28-11-10-24(32-30-22-6-4-8-26(17-22)34(37)38)15-20(28)14-21-16-25(13-19(2)29(21)36)33-31-23-7-5-9-27(18-23)35(39)40/h4-11,13,15-18,34-37,39H,3,12,14H2,1-2H3. The number of benzene rings is 4. The van der Waals surface area contributed by atoms with E-state index in [1.165, 1.54) is 24.3 Å². The van der Waals surface area contributed by atoms with Crippen LogP contribution in [-0.2, 0) is 6.42 Å². The van der Waals surface area contributed by atoms with E-state index in [1.807, 2.05) is 6.92 Å². The van der Waals surface area contributed by atoms with Gasteiger partial charge in [-0.05, 0) is 61.4 Å². The molecular formula is C29H30N6O6. The van der Waals surface area contributed by atoms with Gasteiger partial charge in [0.05, 0.1) is 29.4 Å². The highest BCUT2D eigenvalue weighted by molar-refractivity contribution is 5.56. The normalized spacial score (nSPS) is 13.1. The zero-order valence-corrected chi connectivity index (χ0v) is 22.5. The molecule has 12 heteroatoms. The van der Waals surface area contributed by atoms with Crippen LogP contribution in [0.2, 0.25) is 0 Å². The molecule has 0 aromatic heterocycles. The highest BCUT2D eigenvalue weighted by Gasteiger charge is 2.13. The predicted octanol–water partition coefficient (Wildman–Crippen LogP) is 5.72. The molecule has 2 atom stereocenters. The van der Waals surface area contributed by atoms with E-state index < -0.39 is 10.5 Å². The number of azo groups is 2. The lowest BCUT2D eigenvalue weighted by molar-refractivity contribution is -0.991. The van der Waals surface area contributed by atoms with Gasteiger partial charge in [0.1, 0.15) is 11.5 Å². The second kappa shape index (κ2) is 13.7. The molecule has 4 aromatic carbocycles. The molecule has 0 bridgehead atoms. The molecule has 5 N–H and O–H groups in total. The van der Waals surface area contributed by atoms with Crippen LogP contribution >= 0.6 is 0 Å². The van der Waals surface area contributed by atoms with Gasteiger partial charge >= 0.3 is 0 Å². The molecule has 41 heavy (non-hydrogen) atoms. The molecule has 2 unspecified atom stereocenters. The number of phenols is 1. The Kier molecular flexibility index (Phi) is 9.81. The van der Waals surface area contributed by atoms with Crippen molar-refractivity contribution in [2.24, 2.45) is 20.5 Å². The quantitative estimate of drug-likeness (QED) is 0.116. The minimum atomic E-state index is -1.05. The molecule has 0 saturated heterocycles. The number of hydrogen-bond donors (Lipinski definition) is 5. The molecule has 0 spiro atoms. The van der Waals surface area contributed by atoms with Crippen LogP contribution in [0.5, 0.6) is 11.5 Å². The largest absolute Gasteiger partial charge is 0.595 e. The van der Waals surface area contributed by atoms with Crippen LogP contribution in [0.25, 0.3) is 0 Å². The van der Waals surface area contributed by atoms with Gasteiger partial charge in [-0.2, -0.15) is 30.9 Å². The third-order valence-corrected chi connectivity index (χ3v) is 6.00. The lowest BCUT2D eigenvalue weighted by Gasteiger charge is -2.14. The topological polar surface area (TPSA) is 174 Å². The molecule has 0 fully saturated rings. The van der Waals surface area contributed by atoms with Crippen molar-refractivity contribution in [3.05, 3.63) is 106 Å². The number of nitrogens with one attached hydrogen (secondary N) is 2. The molecular weight excluding hydrogens is 528 g/mol. The molecule has 0 aliphatic carbocycles. The zero-order valence-electron chi connectivity index (χ0n) is 22.5. The molecule has 0 aliphatic rings. The number of quaternary nitrogens is 2. The second-order valence-electron chi connectivity index (χ2n) is 9.20. The molecule has 0 saturated carbocycles. The number of rotatable bonds is 11. The number of nitrogens with zero attached hydrogens (tertiary/aromatic N) is 4. The van der Waals surface area contributed by atoms with Crippen molar-refractivity contribution in [2.75, 3.05) is 6.61 Å². The third kappa shape index (κ3) is 7.99. The van der Waals surface area contributed by atoms with Gasteiger partial charge in [0, 0.05) is 41.8 Å². The number of ether oxygens (including phenoxy) is 1. The first kappa shape index (κ1) is 29.4. The maximum Gasteiger partial charge on any atom is 0.166 e. The average Bonchev–Trinajstić information content (AvgIpc) is 2.97. The first-order chi connectivity index (χ1) is 19.7. The van der Waals surface area contributed by atoms with Crippen molar-refractivity contribution >= 4 is 34.1 Å². The molecule has 212 valence electrons. The fraction of sp³-hybridized carbons (Fsp3) is 0.172. The van der Waals surface area contributed by atoms with Gasteiger partial charge in [-0.1, -0.05) is 19.1 Å². The van der Waals surface area contributed by atoms with Crippen LogP contribution in [0.15, 0.2) is 99.3 Å². The van der Waals surface area contributed by atoms with Crippen LogP contribution in [0.4, 0.5) is 34.1 Å². The first-order valence-electron chi connectivity index (χ1n) is 12.8. The summed E-state index contributed by atoms with van der Waals surface area (Å²) in [6.07, 6.45) is 1.10. The Morgan fingerprint density at radius 1 is 0.707 bits per heavy atom. The van der Waals surface area contributed by atoms with E-state index in [9.17, 15) is 25.9 Å². The molecule has 0 aliphatic heterocycles. The van der Waals surface area contributed by atoms with E-state index in [2.05, 4.69) is 20.5 Å². The molecule has 0 amide bonds. The molecule has 0 heterocycles. The van der Waals surface area contributed by atoms with Crippen molar-refractivity contribution in [1.82, 2.24) is 0 Å². The summed E-state index contributed by atoms with van der Waals surface area (Å²) >= 11 is 0. The summed E-state index contributed by atoms with van der Waals surface area (Å²) in [7, 11) is 0. The van der Waals surface area contributed by atoms with Crippen LogP contribution in [0.3, 0.4) is 0 Å². The summed E-state index contributed by atoms with van der Waals surface area (Å²) < 4.78 is 5.95. The van der Waals surface area contributed by atoms with E-state index in [-0.39, 0.29) is 17.1 Å². The smallest absolute Gasteiger partial charge is 0.166 e.